The van der Waals surface area contributed by atoms with E-state index < -0.39 is 20.6 Å². The molecule has 1 aliphatic heterocycles. The van der Waals surface area contributed by atoms with E-state index in [0.29, 0.717) is 19.5 Å². The summed E-state index contributed by atoms with van der Waals surface area (Å²) >= 11 is 0. The van der Waals surface area contributed by atoms with Gasteiger partial charge in [-0.2, -0.15) is 0 Å². The van der Waals surface area contributed by atoms with E-state index in [4.69, 9.17) is 13.9 Å². The molecule has 1 heterocycles. The van der Waals surface area contributed by atoms with Gasteiger partial charge in [-0.15, -0.1) is 0 Å². The van der Waals surface area contributed by atoms with Crippen molar-refractivity contribution in [3.8, 4) is 0 Å². The van der Waals surface area contributed by atoms with Gasteiger partial charge in [0.05, 0.1) is 0 Å². The standard InChI is InChI=1S/C19H34N2O5Si/c1-8-12-24-17(22)20-16(26-27(6,7)19(3,4)5)15-10-11-21(14-15)18(23)25-13-9-2/h8-9,15-16H,1-2,10-14H2,3-7H3,(H,20,22)/t15-,16?/m0/s1. The first-order chi connectivity index (χ1) is 12.5. The van der Waals surface area contributed by atoms with Crippen LogP contribution < -0.4 is 5.32 Å². The van der Waals surface area contributed by atoms with Gasteiger partial charge in [-0.1, -0.05) is 46.1 Å². The first-order valence-electron chi connectivity index (χ1n) is 9.26. The van der Waals surface area contributed by atoms with Gasteiger partial charge in [0.2, 0.25) is 0 Å². The summed E-state index contributed by atoms with van der Waals surface area (Å²) in [7, 11) is -2.14. The summed E-state index contributed by atoms with van der Waals surface area (Å²) in [5.41, 5.74) is 0. The van der Waals surface area contributed by atoms with E-state index >= 15 is 0 Å². The lowest BCUT2D eigenvalue weighted by atomic mass is 10.1. The van der Waals surface area contributed by atoms with Crippen LogP contribution in [0.15, 0.2) is 25.3 Å². The quantitative estimate of drug-likeness (QED) is 0.381. The Balaban J connectivity index is 2.85. The molecule has 27 heavy (non-hydrogen) atoms. The molecule has 0 aromatic heterocycles. The maximum Gasteiger partial charge on any atom is 0.410 e. The van der Waals surface area contributed by atoms with Crippen LogP contribution in [0, 0.1) is 5.92 Å². The normalized spacial score (nSPS) is 18.6. The number of hydrogen-bond donors (Lipinski definition) is 1. The van der Waals surface area contributed by atoms with Gasteiger partial charge in [-0.25, -0.2) is 9.59 Å². The first kappa shape index (κ1) is 23.2. The van der Waals surface area contributed by atoms with Crippen molar-refractivity contribution in [3.05, 3.63) is 25.3 Å². The van der Waals surface area contributed by atoms with Crippen molar-refractivity contribution in [1.82, 2.24) is 10.2 Å². The summed E-state index contributed by atoms with van der Waals surface area (Å²) < 4.78 is 16.6. The second-order valence-electron chi connectivity index (χ2n) is 8.19. The third-order valence-electron chi connectivity index (χ3n) is 5.06. The minimum Gasteiger partial charge on any atom is -0.445 e. The van der Waals surface area contributed by atoms with Gasteiger partial charge in [0.1, 0.15) is 19.4 Å². The number of rotatable bonds is 8. The minimum atomic E-state index is -2.14. The van der Waals surface area contributed by atoms with E-state index in [2.05, 4.69) is 52.3 Å². The molecule has 0 saturated carbocycles. The van der Waals surface area contributed by atoms with E-state index in [1.807, 2.05) is 0 Å². The van der Waals surface area contributed by atoms with Crippen LogP contribution in [0.4, 0.5) is 9.59 Å². The summed E-state index contributed by atoms with van der Waals surface area (Å²) in [5, 5.41) is 2.82. The van der Waals surface area contributed by atoms with Gasteiger partial charge in [-0.3, -0.25) is 5.32 Å². The third-order valence-corrected chi connectivity index (χ3v) is 9.51. The van der Waals surface area contributed by atoms with Crippen molar-refractivity contribution >= 4 is 20.5 Å². The molecular formula is C19H34N2O5Si. The fourth-order valence-electron chi connectivity index (χ4n) is 2.45. The molecule has 0 aromatic carbocycles. The zero-order valence-electron chi connectivity index (χ0n) is 17.2. The monoisotopic (exact) mass is 398 g/mol. The fourth-order valence-corrected chi connectivity index (χ4v) is 3.69. The number of ether oxygens (including phenoxy) is 2. The summed E-state index contributed by atoms with van der Waals surface area (Å²) in [6, 6.07) is 0. The molecule has 2 atom stereocenters. The highest BCUT2D eigenvalue weighted by Crippen LogP contribution is 2.38. The molecule has 2 amide bonds. The number of amides is 2. The van der Waals surface area contributed by atoms with Crippen molar-refractivity contribution < 1.29 is 23.5 Å². The molecule has 0 bridgehead atoms. The summed E-state index contributed by atoms with van der Waals surface area (Å²) in [6.07, 6.45) is 2.30. The molecule has 1 N–H and O–H groups in total. The zero-order valence-corrected chi connectivity index (χ0v) is 18.2. The van der Waals surface area contributed by atoms with Crippen LogP contribution in [0.3, 0.4) is 0 Å². The lowest BCUT2D eigenvalue weighted by Crippen LogP contribution is -2.52. The number of nitrogens with one attached hydrogen (secondary N) is 1. The number of likely N-dealkylation sites (tertiary alicyclic amines) is 1. The van der Waals surface area contributed by atoms with Crippen molar-refractivity contribution in [2.24, 2.45) is 5.92 Å². The van der Waals surface area contributed by atoms with Gasteiger partial charge in [0, 0.05) is 19.0 Å². The summed E-state index contributed by atoms with van der Waals surface area (Å²) in [6.45, 7) is 19.1. The lowest BCUT2D eigenvalue weighted by Gasteiger charge is -2.40. The molecule has 1 saturated heterocycles. The van der Waals surface area contributed by atoms with Gasteiger partial charge < -0.3 is 18.8 Å². The molecule has 0 radical (unpaired) electrons. The lowest BCUT2D eigenvalue weighted by molar-refractivity contribution is 0.0718. The van der Waals surface area contributed by atoms with Crippen LogP contribution in [0.2, 0.25) is 18.1 Å². The third kappa shape index (κ3) is 7.02. The molecule has 1 rings (SSSR count). The molecular weight excluding hydrogens is 364 g/mol. The molecule has 7 nitrogen and oxygen atoms in total. The van der Waals surface area contributed by atoms with Crippen LogP contribution in [0.1, 0.15) is 27.2 Å². The maximum absolute atomic E-state index is 12.1. The predicted molar refractivity (Wildman–Crippen MR) is 108 cm³/mol. The van der Waals surface area contributed by atoms with Crippen LogP contribution in [0.5, 0.6) is 0 Å². The van der Waals surface area contributed by atoms with Gasteiger partial charge in [0.15, 0.2) is 8.32 Å². The number of hydrogen-bond acceptors (Lipinski definition) is 5. The van der Waals surface area contributed by atoms with Crippen molar-refractivity contribution in [2.75, 3.05) is 26.3 Å². The molecule has 0 spiro atoms. The Bertz CT molecular complexity index is 545. The molecule has 154 valence electrons. The van der Waals surface area contributed by atoms with E-state index in [9.17, 15) is 9.59 Å². The van der Waals surface area contributed by atoms with Crippen LogP contribution in [-0.2, 0) is 13.9 Å². The highest BCUT2D eigenvalue weighted by atomic mass is 28.4. The number of carbonyl (C=O) groups excluding carboxylic acids is 2. The van der Waals surface area contributed by atoms with Crippen LogP contribution >= 0.6 is 0 Å². The molecule has 1 aliphatic rings. The second kappa shape index (κ2) is 9.94. The minimum absolute atomic E-state index is 0.0147. The summed E-state index contributed by atoms with van der Waals surface area (Å²) in [4.78, 5) is 25.8. The van der Waals surface area contributed by atoms with Gasteiger partial charge in [-0.05, 0) is 24.6 Å². The van der Waals surface area contributed by atoms with Crippen molar-refractivity contribution in [3.63, 3.8) is 0 Å². The SMILES string of the molecule is C=CCOC(=O)NC(O[Si](C)(C)C(C)(C)C)[C@H]1CCN(C(=O)OCC=C)C1. The molecule has 0 aromatic rings. The Kier molecular flexibility index (Phi) is 8.55. The molecule has 1 fully saturated rings. The topological polar surface area (TPSA) is 77.1 Å². The second-order valence-corrected chi connectivity index (χ2v) is 12.9. The Morgan fingerprint density at radius 2 is 1.81 bits per heavy atom. The average Bonchev–Trinajstić information content (AvgIpc) is 3.06. The van der Waals surface area contributed by atoms with Crippen LogP contribution in [0.25, 0.3) is 0 Å². The molecule has 1 unspecified atom stereocenters. The number of alkyl carbamates (subject to hydrolysis) is 1. The Labute approximate surface area is 163 Å². The van der Waals surface area contributed by atoms with Crippen LogP contribution in [-0.4, -0.2) is 57.9 Å². The predicted octanol–water partition coefficient (Wildman–Crippen LogP) is 3.89. The average molecular weight is 399 g/mol. The maximum atomic E-state index is 12.1. The highest BCUT2D eigenvalue weighted by Gasteiger charge is 2.43. The number of nitrogens with zero attached hydrogens (tertiary/aromatic N) is 1. The zero-order chi connectivity index (χ0) is 20.7. The Morgan fingerprint density at radius 3 is 2.37 bits per heavy atom. The molecule has 0 aliphatic carbocycles. The van der Waals surface area contributed by atoms with Gasteiger partial charge >= 0.3 is 12.2 Å². The first-order valence-corrected chi connectivity index (χ1v) is 12.2. The fraction of sp³-hybridized carbons (Fsp3) is 0.684. The van der Waals surface area contributed by atoms with Gasteiger partial charge in [0.25, 0.3) is 0 Å². The van der Waals surface area contributed by atoms with E-state index in [-0.39, 0.29) is 30.3 Å². The van der Waals surface area contributed by atoms with E-state index in [0.717, 1.165) is 0 Å². The van der Waals surface area contributed by atoms with E-state index in [1.54, 1.807) is 4.90 Å². The number of carbonyl (C=O) groups is 2. The largest absolute Gasteiger partial charge is 0.445 e. The van der Waals surface area contributed by atoms with Crippen molar-refractivity contribution in [2.45, 2.75) is 51.6 Å². The Hall–Kier alpha value is -1.80. The smallest absolute Gasteiger partial charge is 0.410 e. The van der Waals surface area contributed by atoms with E-state index in [1.165, 1.54) is 12.2 Å². The Morgan fingerprint density at radius 1 is 1.22 bits per heavy atom. The molecule has 8 heteroatoms. The van der Waals surface area contributed by atoms with Crippen molar-refractivity contribution in [1.29, 1.82) is 0 Å². The highest BCUT2D eigenvalue weighted by molar-refractivity contribution is 6.74. The summed E-state index contributed by atoms with van der Waals surface area (Å²) in [5.74, 6) is -0.0355.